The predicted molar refractivity (Wildman–Crippen MR) is 55.1 cm³/mol. The fourth-order valence-corrected chi connectivity index (χ4v) is 2.28. The van der Waals surface area contributed by atoms with E-state index in [9.17, 15) is 4.79 Å². The lowest BCUT2D eigenvalue weighted by Gasteiger charge is -1.95. The zero-order valence-corrected chi connectivity index (χ0v) is 7.57. The number of fused-ring (bicyclic) bond motifs is 1. The summed E-state index contributed by atoms with van der Waals surface area (Å²) in [5.41, 5.74) is 1.24. The maximum Gasteiger partial charge on any atom is 0.256 e. The average molecular weight is 177 g/mol. The maximum absolute atomic E-state index is 11.3. The van der Waals surface area contributed by atoms with Crippen molar-refractivity contribution in [2.75, 3.05) is 0 Å². The van der Waals surface area contributed by atoms with Gasteiger partial charge in [0.2, 0.25) is 0 Å². The first kappa shape index (κ1) is 7.62. The smallest absolute Gasteiger partial charge is 0.256 e. The molecule has 2 aromatic rings. The van der Waals surface area contributed by atoms with Gasteiger partial charge in [-0.05, 0) is 17.6 Å². The first-order valence-electron chi connectivity index (χ1n) is 3.90. The van der Waals surface area contributed by atoms with E-state index in [1.54, 1.807) is 17.5 Å². The molecule has 0 amide bonds. The highest BCUT2D eigenvalue weighted by Gasteiger charge is 2.03. The van der Waals surface area contributed by atoms with Crippen LogP contribution in [0.5, 0.6) is 0 Å². The number of nitrogens with one attached hydrogen (secondary N) is 1. The molecule has 0 fully saturated rings. The summed E-state index contributed by atoms with van der Waals surface area (Å²) in [5, 5.41) is 2.78. The van der Waals surface area contributed by atoms with Crippen LogP contribution < -0.4 is 11.0 Å². The van der Waals surface area contributed by atoms with Crippen LogP contribution in [-0.4, -0.2) is 12.3 Å². The van der Waals surface area contributed by atoms with Crippen LogP contribution in [0.4, 0.5) is 0 Å². The monoisotopic (exact) mass is 177 g/mol. The van der Waals surface area contributed by atoms with Gasteiger partial charge in [0.15, 0.2) is 7.28 Å². The van der Waals surface area contributed by atoms with E-state index < -0.39 is 0 Å². The molecule has 0 aliphatic heterocycles. The fraction of sp³-hybridized carbons (Fsp3) is 0.125. The summed E-state index contributed by atoms with van der Waals surface area (Å²) < 4.78 is 1.13. The Morgan fingerprint density at radius 2 is 2.42 bits per heavy atom. The largest absolute Gasteiger partial charge is 0.329 e. The van der Waals surface area contributed by atoms with Gasteiger partial charge in [0.25, 0.3) is 5.56 Å². The Kier molecular flexibility index (Phi) is 1.77. The zero-order chi connectivity index (χ0) is 8.55. The Balaban J connectivity index is 2.92. The van der Waals surface area contributed by atoms with Crippen molar-refractivity contribution in [3.05, 3.63) is 28.0 Å². The maximum atomic E-state index is 11.3. The normalized spacial score (nSPS) is 10.4. The van der Waals surface area contributed by atoms with Crippen LogP contribution >= 0.6 is 11.3 Å². The van der Waals surface area contributed by atoms with E-state index in [4.69, 9.17) is 0 Å². The molecular formula is C8H8BNOS. The number of hydrogen-bond acceptors (Lipinski definition) is 2. The molecule has 0 aliphatic carbocycles. The molecule has 4 heteroatoms. The third-order valence-corrected chi connectivity index (χ3v) is 2.95. The van der Waals surface area contributed by atoms with Gasteiger partial charge >= 0.3 is 0 Å². The third kappa shape index (κ3) is 0.993. The molecular weight excluding hydrogens is 169 g/mol. The van der Waals surface area contributed by atoms with Gasteiger partial charge in [-0.2, -0.15) is 0 Å². The van der Waals surface area contributed by atoms with Crippen molar-refractivity contribution in [1.29, 1.82) is 0 Å². The highest BCUT2D eigenvalue weighted by molar-refractivity contribution is 7.18. The molecule has 2 aromatic heterocycles. The van der Waals surface area contributed by atoms with Gasteiger partial charge in [0.1, 0.15) is 0 Å². The van der Waals surface area contributed by atoms with Gasteiger partial charge in [0, 0.05) is 4.70 Å². The van der Waals surface area contributed by atoms with Crippen LogP contribution in [0.25, 0.3) is 10.1 Å². The highest BCUT2D eigenvalue weighted by atomic mass is 32.1. The zero-order valence-electron chi connectivity index (χ0n) is 6.76. The van der Waals surface area contributed by atoms with Crippen molar-refractivity contribution in [2.45, 2.75) is 6.82 Å². The van der Waals surface area contributed by atoms with Gasteiger partial charge in [0.05, 0.1) is 5.39 Å². The van der Waals surface area contributed by atoms with Gasteiger partial charge in [-0.1, -0.05) is 12.3 Å². The molecule has 0 unspecified atom stereocenters. The first-order valence-corrected chi connectivity index (χ1v) is 4.78. The van der Waals surface area contributed by atoms with E-state index in [1.165, 1.54) is 5.46 Å². The molecule has 2 rings (SSSR count). The SMILES string of the molecule is CBc1c[nH]c(=O)c2ccsc12. The summed E-state index contributed by atoms with van der Waals surface area (Å²) in [6, 6.07) is 1.87. The number of aromatic amines is 1. The molecule has 0 atom stereocenters. The third-order valence-electron chi connectivity index (χ3n) is 1.96. The van der Waals surface area contributed by atoms with Crippen molar-refractivity contribution in [3.63, 3.8) is 0 Å². The number of aromatic nitrogens is 1. The molecule has 0 spiro atoms. The van der Waals surface area contributed by atoms with Crippen LogP contribution in [0, 0.1) is 0 Å². The van der Waals surface area contributed by atoms with E-state index in [2.05, 4.69) is 11.8 Å². The lowest BCUT2D eigenvalue weighted by molar-refractivity contribution is 1.29. The lowest BCUT2D eigenvalue weighted by atomic mass is 9.74. The first-order chi connectivity index (χ1) is 5.83. The minimum absolute atomic E-state index is 0.0171. The van der Waals surface area contributed by atoms with Crippen LogP contribution in [0.3, 0.4) is 0 Å². The molecule has 0 aliphatic rings. The van der Waals surface area contributed by atoms with Crippen LogP contribution in [0.2, 0.25) is 6.82 Å². The van der Waals surface area contributed by atoms with Crippen LogP contribution in [-0.2, 0) is 0 Å². The highest BCUT2D eigenvalue weighted by Crippen LogP contribution is 2.13. The molecule has 1 N–H and O–H groups in total. The Morgan fingerprint density at radius 3 is 3.17 bits per heavy atom. The van der Waals surface area contributed by atoms with Crippen molar-refractivity contribution in [2.24, 2.45) is 0 Å². The van der Waals surface area contributed by atoms with Gasteiger partial charge in [-0.15, -0.1) is 11.3 Å². The topological polar surface area (TPSA) is 32.9 Å². The number of H-pyrrole nitrogens is 1. The fourth-order valence-electron chi connectivity index (χ4n) is 1.30. The second-order valence-corrected chi connectivity index (χ2v) is 3.58. The van der Waals surface area contributed by atoms with E-state index in [1.807, 2.05) is 11.4 Å². The predicted octanol–water partition coefficient (Wildman–Crippen LogP) is 0.699. The van der Waals surface area contributed by atoms with E-state index >= 15 is 0 Å². The van der Waals surface area contributed by atoms with Crippen molar-refractivity contribution >= 4 is 34.2 Å². The second-order valence-electron chi connectivity index (χ2n) is 2.66. The minimum atomic E-state index is 0.0171. The summed E-state index contributed by atoms with van der Waals surface area (Å²) >= 11 is 1.63. The van der Waals surface area contributed by atoms with Crippen LogP contribution in [0.15, 0.2) is 22.4 Å². The number of pyridine rings is 1. The lowest BCUT2D eigenvalue weighted by Crippen LogP contribution is -2.17. The summed E-state index contributed by atoms with van der Waals surface area (Å²) in [6.45, 7) is 2.09. The Bertz CT molecular complexity index is 459. The van der Waals surface area contributed by atoms with Gasteiger partial charge in [-0.3, -0.25) is 4.79 Å². The molecule has 60 valence electrons. The summed E-state index contributed by atoms with van der Waals surface area (Å²) in [7, 11) is 0.966. The standard InChI is InChI=1S/C8H8BNOS/c1-9-6-4-10-8(11)5-2-3-12-7(5)6/h2-4,9H,1H3,(H,10,11). The van der Waals surface area contributed by atoms with E-state index in [0.717, 1.165) is 17.4 Å². The van der Waals surface area contributed by atoms with E-state index in [-0.39, 0.29) is 5.56 Å². The Morgan fingerprint density at radius 1 is 1.58 bits per heavy atom. The van der Waals surface area contributed by atoms with Crippen molar-refractivity contribution in [3.8, 4) is 0 Å². The Hall–Kier alpha value is -1.03. The van der Waals surface area contributed by atoms with Crippen molar-refractivity contribution in [1.82, 2.24) is 4.98 Å². The number of hydrogen-bond donors (Lipinski definition) is 1. The summed E-state index contributed by atoms with van der Waals surface area (Å²) in [4.78, 5) is 14.0. The molecule has 0 saturated carbocycles. The Labute approximate surface area is 74.5 Å². The summed E-state index contributed by atoms with van der Waals surface area (Å²) in [5.74, 6) is 0. The number of thiophene rings is 1. The van der Waals surface area contributed by atoms with Crippen LogP contribution in [0.1, 0.15) is 0 Å². The summed E-state index contributed by atoms with van der Waals surface area (Å²) in [6.07, 6.45) is 1.81. The van der Waals surface area contributed by atoms with Crippen molar-refractivity contribution < 1.29 is 0 Å². The molecule has 0 radical (unpaired) electrons. The average Bonchev–Trinajstić information content (AvgIpc) is 2.54. The second kappa shape index (κ2) is 2.79. The molecule has 12 heavy (non-hydrogen) atoms. The van der Waals surface area contributed by atoms with Gasteiger partial charge < -0.3 is 4.98 Å². The quantitative estimate of drug-likeness (QED) is 0.639. The molecule has 0 bridgehead atoms. The van der Waals surface area contributed by atoms with Gasteiger partial charge in [-0.25, -0.2) is 0 Å². The molecule has 0 saturated heterocycles. The molecule has 0 aromatic carbocycles. The molecule has 2 nitrogen and oxygen atoms in total. The number of rotatable bonds is 1. The minimum Gasteiger partial charge on any atom is -0.329 e. The molecule has 2 heterocycles. The van der Waals surface area contributed by atoms with E-state index in [0.29, 0.717) is 0 Å².